The summed E-state index contributed by atoms with van der Waals surface area (Å²) in [6.07, 6.45) is 1.08. The number of hydrogen-bond acceptors (Lipinski definition) is 4. The van der Waals surface area contributed by atoms with Gasteiger partial charge in [0.1, 0.15) is 11.3 Å². The number of aryl methyl sites for hydroxylation is 3. The summed E-state index contributed by atoms with van der Waals surface area (Å²) in [4.78, 5) is 13.7. The third-order valence-corrected chi connectivity index (χ3v) is 4.30. The molecule has 0 aromatic carbocycles. The maximum absolute atomic E-state index is 12.4. The van der Waals surface area contributed by atoms with Crippen LogP contribution in [-0.4, -0.2) is 14.2 Å². The molecule has 5 nitrogen and oxygen atoms in total. The number of nitriles is 1. The van der Waals surface area contributed by atoms with Gasteiger partial charge in [0.2, 0.25) is 0 Å². The number of nitrogens with zero attached hydrogens (tertiary/aromatic N) is 4. The zero-order chi connectivity index (χ0) is 14.3. The zero-order valence-electron chi connectivity index (χ0n) is 11.4. The van der Waals surface area contributed by atoms with Gasteiger partial charge in [0.25, 0.3) is 5.56 Å². The Balaban J connectivity index is 2.20. The van der Waals surface area contributed by atoms with Crippen molar-refractivity contribution in [1.29, 1.82) is 5.26 Å². The lowest BCUT2D eigenvalue weighted by molar-refractivity contribution is 0.541. The second-order valence-electron chi connectivity index (χ2n) is 4.81. The molecule has 0 atom stereocenters. The molecule has 0 unspecified atom stereocenters. The first-order chi connectivity index (χ1) is 9.61. The molecule has 0 saturated heterocycles. The highest BCUT2D eigenvalue weighted by Gasteiger charge is 2.13. The minimum absolute atomic E-state index is 0.0883. The van der Waals surface area contributed by atoms with E-state index in [-0.39, 0.29) is 5.56 Å². The molecule has 0 radical (unpaired) electrons. The standard InChI is InChI=1S/C14H14N4OS/c1-9-7-11-13(20-9)8-12-14(19)17(6-4-3-5-15)16-10(2)18(11)12/h7-8H,3-4,6H2,1-2H3. The Hall–Kier alpha value is -2.13. The van der Waals surface area contributed by atoms with Crippen LogP contribution in [0.1, 0.15) is 23.5 Å². The van der Waals surface area contributed by atoms with Gasteiger partial charge >= 0.3 is 0 Å². The summed E-state index contributed by atoms with van der Waals surface area (Å²) in [5.74, 6) is 0.796. The second-order valence-corrected chi connectivity index (χ2v) is 6.10. The monoisotopic (exact) mass is 286 g/mol. The largest absolute Gasteiger partial charge is 0.291 e. The molecule has 0 aliphatic carbocycles. The summed E-state index contributed by atoms with van der Waals surface area (Å²) < 4.78 is 4.50. The van der Waals surface area contributed by atoms with Gasteiger partial charge < -0.3 is 0 Å². The first-order valence-corrected chi connectivity index (χ1v) is 7.29. The third-order valence-electron chi connectivity index (χ3n) is 3.31. The molecule has 0 saturated carbocycles. The van der Waals surface area contributed by atoms with Crippen molar-refractivity contribution in [2.45, 2.75) is 33.2 Å². The molecule has 102 valence electrons. The topological polar surface area (TPSA) is 63.1 Å². The maximum atomic E-state index is 12.4. The van der Waals surface area contributed by atoms with Gasteiger partial charge in [-0.3, -0.25) is 9.20 Å². The van der Waals surface area contributed by atoms with E-state index in [0.29, 0.717) is 24.9 Å². The zero-order valence-corrected chi connectivity index (χ0v) is 12.2. The first kappa shape index (κ1) is 12.9. The molecule has 3 heterocycles. The van der Waals surface area contributed by atoms with E-state index in [2.05, 4.69) is 24.2 Å². The minimum Gasteiger partial charge on any atom is -0.290 e. The van der Waals surface area contributed by atoms with E-state index in [1.165, 1.54) is 9.56 Å². The average molecular weight is 286 g/mol. The summed E-state index contributed by atoms with van der Waals surface area (Å²) in [6, 6.07) is 6.11. The van der Waals surface area contributed by atoms with Crippen LogP contribution in [0.25, 0.3) is 15.7 Å². The Morgan fingerprint density at radius 2 is 2.15 bits per heavy atom. The highest BCUT2D eigenvalue weighted by molar-refractivity contribution is 7.19. The highest BCUT2D eigenvalue weighted by atomic mass is 32.1. The SMILES string of the molecule is Cc1cc2c(cc3c(=O)n(CCCC#N)nc(C)n32)s1. The number of fused-ring (bicyclic) bond motifs is 3. The van der Waals surface area contributed by atoms with Gasteiger partial charge in [-0.2, -0.15) is 10.4 Å². The molecule has 0 amide bonds. The number of hydrogen-bond donors (Lipinski definition) is 0. The Morgan fingerprint density at radius 1 is 1.35 bits per heavy atom. The van der Waals surface area contributed by atoms with E-state index >= 15 is 0 Å². The van der Waals surface area contributed by atoms with Crippen molar-refractivity contribution in [3.8, 4) is 6.07 Å². The summed E-state index contributed by atoms with van der Waals surface area (Å²) in [5, 5.41) is 12.9. The van der Waals surface area contributed by atoms with Crippen molar-refractivity contribution in [3.63, 3.8) is 0 Å². The van der Waals surface area contributed by atoms with Gasteiger partial charge in [-0.15, -0.1) is 11.3 Å². The molecule has 3 rings (SSSR count). The van der Waals surface area contributed by atoms with Gasteiger partial charge in [-0.25, -0.2) is 4.68 Å². The molecule has 6 heteroatoms. The Kier molecular flexibility index (Phi) is 3.07. The molecule has 3 aromatic rings. The van der Waals surface area contributed by atoms with Crippen LogP contribution < -0.4 is 5.56 Å². The van der Waals surface area contributed by atoms with Gasteiger partial charge in [-0.05, 0) is 32.4 Å². The van der Waals surface area contributed by atoms with E-state index in [9.17, 15) is 4.79 Å². The molecule has 0 bridgehead atoms. The van der Waals surface area contributed by atoms with Crippen LogP contribution in [0.15, 0.2) is 16.9 Å². The fraction of sp³-hybridized carbons (Fsp3) is 0.357. The molecule has 3 aromatic heterocycles. The summed E-state index contributed by atoms with van der Waals surface area (Å²) in [5.41, 5.74) is 1.62. The van der Waals surface area contributed by atoms with Gasteiger partial charge in [0, 0.05) is 17.8 Å². The number of unbranched alkanes of at least 4 members (excludes halogenated alkanes) is 1. The quantitative estimate of drug-likeness (QED) is 0.695. The van der Waals surface area contributed by atoms with Crippen LogP contribution in [0.5, 0.6) is 0 Å². The number of rotatable bonds is 3. The van der Waals surface area contributed by atoms with E-state index in [0.717, 1.165) is 16.0 Å². The van der Waals surface area contributed by atoms with Crippen LogP contribution in [-0.2, 0) is 6.54 Å². The van der Waals surface area contributed by atoms with Crippen LogP contribution >= 0.6 is 11.3 Å². The molecule has 0 spiro atoms. The molecule has 0 fully saturated rings. The molecule has 0 aliphatic rings. The highest BCUT2D eigenvalue weighted by Crippen LogP contribution is 2.27. The van der Waals surface area contributed by atoms with Crippen molar-refractivity contribution < 1.29 is 0 Å². The summed E-state index contributed by atoms with van der Waals surface area (Å²) in [6.45, 7) is 4.45. The second kappa shape index (κ2) is 4.76. The third kappa shape index (κ3) is 1.91. The molecule has 20 heavy (non-hydrogen) atoms. The van der Waals surface area contributed by atoms with Crippen LogP contribution in [0, 0.1) is 25.2 Å². The van der Waals surface area contributed by atoms with Crippen molar-refractivity contribution in [2.75, 3.05) is 0 Å². The molecular weight excluding hydrogens is 272 g/mol. The average Bonchev–Trinajstić information content (AvgIpc) is 2.91. The fourth-order valence-corrected chi connectivity index (χ4v) is 3.42. The predicted octanol–water partition coefficient (Wildman–Crippen LogP) is 2.63. The van der Waals surface area contributed by atoms with Crippen molar-refractivity contribution in [3.05, 3.63) is 33.2 Å². The first-order valence-electron chi connectivity index (χ1n) is 6.48. The van der Waals surface area contributed by atoms with Crippen molar-refractivity contribution in [1.82, 2.24) is 14.2 Å². The minimum atomic E-state index is -0.0883. The van der Waals surface area contributed by atoms with Crippen molar-refractivity contribution in [2.24, 2.45) is 0 Å². The van der Waals surface area contributed by atoms with Crippen LogP contribution in [0.2, 0.25) is 0 Å². The van der Waals surface area contributed by atoms with E-state index in [1.807, 2.05) is 17.4 Å². The molecule has 0 aliphatic heterocycles. The summed E-state index contributed by atoms with van der Waals surface area (Å²) in [7, 11) is 0. The van der Waals surface area contributed by atoms with E-state index < -0.39 is 0 Å². The number of aromatic nitrogens is 3. The van der Waals surface area contributed by atoms with Gasteiger partial charge in [-0.1, -0.05) is 0 Å². The van der Waals surface area contributed by atoms with E-state index in [4.69, 9.17) is 5.26 Å². The van der Waals surface area contributed by atoms with Gasteiger partial charge in [0.05, 0.1) is 16.3 Å². The maximum Gasteiger partial charge on any atom is 0.291 e. The lowest BCUT2D eigenvalue weighted by Gasteiger charge is -2.07. The van der Waals surface area contributed by atoms with Crippen molar-refractivity contribution >= 4 is 27.1 Å². The predicted molar refractivity (Wildman–Crippen MR) is 79.2 cm³/mol. The van der Waals surface area contributed by atoms with Gasteiger partial charge in [0.15, 0.2) is 0 Å². The lowest BCUT2D eigenvalue weighted by Crippen LogP contribution is -2.26. The Labute approximate surface area is 119 Å². The normalized spacial score (nSPS) is 11.2. The van der Waals surface area contributed by atoms with E-state index in [1.54, 1.807) is 11.3 Å². The van der Waals surface area contributed by atoms with Crippen LogP contribution in [0.3, 0.4) is 0 Å². The Bertz CT molecular complexity index is 894. The lowest BCUT2D eigenvalue weighted by atomic mass is 10.3. The van der Waals surface area contributed by atoms with Crippen LogP contribution in [0.4, 0.5) is 0 Å². The number of thiophene rings is 1. The molecular formula is C14H14N4OS. The molecule has 0 N–H and O–H groups in total. The summed E-state index contributed by atoms with van der Waals surface area (Å²) >= 11 is 1.68. The Morgan fingerprint density at radius 3 is 2.90 bits per heavy atom. The smallest absolute Gasteiger partial charge is 0.290 e. The fourth-order valence-electron chi connectivity index (χ4n) is 2.48.